The molecule has 4 nitrogen and oxygen atoms in total. The first-order chi connectivity index (χ1) is 9.47. The van der Waals surface area contributed by atoms with E-state index in [-0.39, 0.29) is 11.8 Å². The van der Waals surface area contributed by atoms with Gasteiger partial charge in [-0.15, -0.1) is 0 Å². The van der Waals surface area contributed by atoms with Crippen LogP contribution in [0.1, 0.15) is 18.4 Å². The lowest BCUT2D eigenvalue weighted by Gasteiger charge is -2.32. The molecule has 1 saturated heterocycles. The van der Waals surface area contributed by atoms with E-state index in [9.17, 15) is 4.79 Å². The van der Waals surface area contributed by atoms with E-state index in [4.69, 9.17) is 29.6 Å². The number of anilines is 1. The third-order valence-electron chi connectivity index (χ3n) is 3.61. The van der Waals surface area contributed by atoms with Gasteiger partial charge in [0, 0.05) is 29.7 Å². The molecule has 0 atom stereocenters. The maximum absolute atomic E-state index is 11.1. The van der Waals surface area contributed by atoms with E-state index in [0.29, 0.717) is 10.1 Å². The summed E-state index contributed by atoms with van der Waals surface area (Å²) in [5, 5.41) is 4.62. The van der Waals surface area contributed by atoms with Gasteiger partial charge in [0.2, 0.25) is 5.91 Å². The predicted octanol–water partition coefficient (Wildman–Crippen LogP) is 2.54. The average molecular weight is 312 g/mol. The molecule has 3 N–H and O–H groups in total. The molecule has 1 aliphatic heterocycles. The Labute approximate surface area is 129 Å². The maximum Gasteiger partial charge on any atom is 0.220 e. The Hall–Kier alpha value is -1.33. The highest BCUT2D eigenvalue weighted by molar-refractivity contribution is 7.80. The van der Waals surface area contributed by atoms with E-state index in [0.717, 1.165) is 37.2 Å². The molecule has 6 heteroatoms. The van der Waals surface area contributed by atoms with Crippen LogP contribution >= 0.6 is 23.8 Å². The van der Waals surface area contributed by atoms with Crippen molar-refractivity contribution in [3.05, 3.63) is 28.8 Å². The van der Waals surface area contributed by atoms with Crippen molar-refractivity contribution >= 4 is 40.5 Å². The largest absolute Gasteiger partial charge is 0.369 e. The minimum Gasteiger partial charge on any atom is -0.369 e. The number of rotatable bonds is 2. The van der Waals surface area contributed by atoms with Crippen LogP contribution in [-0.2, 0) is 4.79 Å². The maximum atomic E-state index is 11.1. The summed E-state index contributed by atoms with van der Waals surface area (Å²) in [4.78, 5) is 13.2. The number of nitrogens with one attached hydrogen (secondary N) is 1. The summed E-state index contributed by atoms with van der Waals surface area (Å²) in [5.41, 5.74) is 7.33. The quantitative estimate of drug-likeness (QED) is 0.824. The van der Waals surface area contributed by atoms with E-state index in [1.165, 1.54) is 0 Å². The fourth-order valence-electron chi connectivity index (χ4n) is 2.33. The number of hydrogen-bond donors (Lipinski definition) is 2. The van der Waals surface area contributed by atoms with Crippen LogP contribution in [0.5, 0.6) is 0 Å². The molecule has 0 radical (unpaired) electrons. The fraction of sp³-hybridized carbons (Fsp3) is 0.429. The lowest BCUT2D eigenvalue weighted by Crippen LogP contribution is -2.43. The van der Waals surface area contributed by atoms with Gasteiger partial charge < -0.3 is 16.0 Å². The summed E-state index contributed by atoms with van der Waals surface area (Å²) < 4.78 is 0. The molecule has 1 fully saturated rings. The van der Waals surface area contributed by atoms with Crippen molar-refractivity contribution in [2.45, 2.75) is 19.8 Å². The first kappa shape index (κ1) is 15.1. The molecule has 0 aromatic heterocycles. The number of piperidine rings is 1. The molecule has 1 heterocycles. The number of thiocarbonyl (C=S) groups is 1. The van der Waals surface area contributed by atoms with Gasteiger partial charge in [-0.3, -0.25) is 4.79 Å². The highest BCUT2D eigenvalue weighted by Gasteiger charge is 2.24. The number of halogens is 1. The molecule has 1 aliphatic rings. The summed E-state index contributed by atoms with van der Waals surface area (Å²) in [6.45, 7) is 3.49. The van der Waals surface area contributed by atoms with Gasteiger partial charge >= 0.3 is 0 Å². The number of carbonyl (C=O) groups is 1. The Balaban J connectivity index is 1.94. The molecule has 2 rings (SSSR count). The van der Waals surface area contributed by atoms with Crippen molar-refractivity contribution in [2.75, 3.05) is 18.4 Å². The molecule has 0 aliphatic carbocycles. The number of benzene rings is 1. The monoisotopic (exact) mass is 311 g/mol. The van der Waals surface area contributed by atoms with Crippen LogP contribution in [-0.4, -0.2) is 29.0 Å². The van der Waals surface area contributed by atoms with Gasteiger partial charge in [0.05, 0.1) is 0 Å². The van der Waals surface area contributed by atoms with Gasteiger partial charge in [0.15, 0.2) is 5.11 Å². The summed E-state index contributed by atoms with van der Waals surface area (Å²) in [5.74, 6) is -0.233. The van der Waals surface area contributed by atoms with Gasteiger partial charge in [-0.2, -0.15) is 0 Å². The number of carbonyl (C=O) groups excluding carboxylic acids is 1. The van der Waals surface area contributed by atoms with E-state index < -0.39 is 0 Å². The predicted molar refractivity (Wildman–Crippen MR) is 85.9 cm³/mol. The minimum absolute atomic E-state index is 0.0219. The number of primary amides is 1. The van der Waals surface area contributed by atoms with Crippen molar-refractivity contribution in [1.29, 1.82) is 0 Å². The molecule has 0 bridgehead atoms. The van der Waals surface area contributed by atoms with Crippen LogP contribution in [0, 0.1) is 12.8 Å². The summed E-state index contributed by atoms with van der Waals surface area (Å²) in [7, 11) is 0. The van der Waals surface area contributed by atoms with E-state index >= 15 is 0 Å². The molecule has 0 spiro atoms. The van der Waals surface area contributed by atoms with E-state index in [1.807, 2.05) is 25.1 Å². The van der Waals surface area contributed by atoms with Crippen LogP contribution in [0.3, 0.4) is 0 Å². The molecule has 0 unspecified atom stereocenters. The van der Waals surface area contributed by atoms with Gasteiger partial charge in [0.25, 0.3) is 0 Å². The zero-order valence-corrected chi connectivity index (χ0v) is 12.9. The Morgan fingerprint density at radius 1 is 1.45 bits per heavy atom. The fourth-order valence-corrected chi connectivity index (χ4v) is 2.85. The number of hydrogen-bond acceptors (Lipinski definition) is 2. The highest BCUT2D eigenvalue weighted by Crippen LogP contribution is 2.22. The number of nitrogens with zero attached hydrogens (tertiary/aromatic N) is 1. The number of nitrogens with two attached hydrogens (primary N) is 1. The van der Waals surface area contributed by atoms with Crippen molar-refractivity contribution in [1.82, 2.24) is 4.90 Å². The second-order valence-corrected chi connectivity index (χ2v) is 5.88. The van der Waals surface area contributed by atoms with Crippen molar-refractivity contribution in [3.63, 3.8) is 0 Å². The molecule has 0 saturated carbocycles. The topological polar surface area (TPSA) is 58.4 Å². The Morgan fingerprint density at radius 2 is 2.10 bits per heavy atom. The van der Waals surface area contributed by atoms with E-state index in [2.05, 4.69) is 10.2 Å². The van der Waals surface area contributed by atoms with Crippen LogP contribution in [0.2, 0.25) is 5.02 Å². The van der Waals surface area contributed by atoms with Crippen molar-refractivity contribution < 1.29 is 4.79 Å². The van der Waals surface area contributed by atoms with Crippen LogP contribution < -0.4 is 11.1 Å². The smallest absolute Gasteiger partial charge is 0.220 e. The molecule has 1 aromatic carbocycles. The minimum atomic E-state index is -0.211. The van der Waals surface area contributed by atoms with Gasteiger partial charge in [-0.05, 0) is 55.7 Å². The summed E-state index contributed by atoms with van der Waals surface area (Å²) >= 11 is 11.4. The van der Waals surface area contributed by atoms with Crippen LogP contribution in [0.25, 0.3) is 0 Å². The van der Waals surface area contributed by atoms with Crippen LogP contribution in [0.15, 0.2) is 18.2 Å². The number of aryl methyl sites for hydroxylation is 1. The molecule has 1 amide bonds. The molecular formula is C14H18ClN3OS. The normalized spacial score (nSPS) is 16.0. The first-order valence-electron chi connectivity index (χ1n) is 6.59. The zero-order valence-electron chi connectivity index (χ0n) is 11.4. The first-order valence-corrected chi connectivity index (χ1v) is 7.37. The number of amides is 1. The zero-order chi connectivity index (χ0) is 14.7. The highest BCUT2D eigenvalue weighted by atomic mass is 35.5. The third kappa shape index (κ3) is 3.61. The van der Waals surface area contributed by atoms with E-state index in [1.54, 1.807) is 0 Å². The summed E-state index contributed by atoms with van der Waals surface area (Å²) in [6.07, 6.45) is 1.52. The average Bonchev–Trinajstić information content (AvgIpc) is 2.42. The van der Waals surface area contributed by atoms with Gasteiger partial charge in [0.1, 0.15) is 0 Å². The Bertz CT molecular complexity index is 527. The number of likely N-dealkylation sites (tertiary alicyclic amines) is 1. The molecule has 1 aromatic rings. The van der Waals surface area contributed by atoms with Gasteiger partial charge in [-0.1, -0.05) is 11.6 Å². The Morgan fingerprint density at radius 3 is 2.65 bits per heavy atom. The molecule has 20 heavy (non-hydrogen) atoms. The second-order valence-electron chi connectivity index (χ2n) is 5.05. The lowest BCUT2D eigenvalue weighted by molar-refractivity contribution is -0.122. The van der Waals surface area contributed by atoms with Crippen LogP contribution in [0.4, 0.5) is 5.69 Å². The van der Waals surface area contributed by atoms with Crippen molar-refractivity contribution in [3.8, 4) is 0 Å². The molecular weight excluding hydrogens is 294 g/mol. The van der Waals surface area contributed by atoms with Gasteiger partial charge in [-0.25, -0.2) is 0 Å². The second kappa shape index (κ2) is 6.41. The van der Waals surface area contributed by atoms with Crippen molar-refractivity contribution in [2.24, 2.45) is 11.7 Å². The Kier molecular flexibility index (Phi) is 4.83. The lowest BCUT2D eigenvalue weighted by atomic mass is 9.97. The standard InChI is InChI=1S/C14H18ClN3OS/c1-9-8-11(15)2-3-12(9)17-14(20)18-6-4-10(5-7-18)13(16)19/h2-3,8,10H,4-7H2,1H3,(H2,16,19)(H,17,20). The summed E-state index contributed by atoms with van der Waals surface area (Å²) in [6, 6.07) is 5.64. The SMILES string of the molecule is Cc1cc(Cl)ccc1NC(=S)N1CCC(C(N)=O)CC1. The third-order valence-corrected chi connectivity index (χ3v) is 4.21. The molecule has 108 valence electrons.